The summed E-state index contributed by atoms with van der Waals surface area (Å²) in [7, 11) is 1.59. The molecule has 1 N–H and O–H groups in total. The van der Waals surface area contributed by atoms with Crippen LogP contribution in [0.25, 0.3) is 16.9 Å². The molecule has 1 aromatic heterocycles. The summed E-state index contributed by atoms with van der Waals surface area (Å²) in [4.78, 5) is 12.1. The molecule has 140 valence electrons. The molecule has 2 aromatic carbocycles. The van der Waals surface area contributed by atoms with Crippen molar-refractivity contribution in [1.82, 2.24) is 9.78 Å². The van der Waals surface area contributed by atoms with Gasteiger partial charge in [0.15, 0.2) is 0 Å². The molecule has 0 atom stereocenters. The number of aromatic nitrogens is 2. The van der Waals surface area contributed by atoms with Gasteiger partial charge in [0, 0.05) is 15.6 Å². The van der Waals surface area contributed by atoms with Crippen molar-refractivity contribution in [3.63, 3.8) is 0 Å². The summed E-state index contributed by atoms with van der Waals surface area (Å²) in [6, 6.07) is 12.2. The maximum atomic E-state index is 12.1. The number of methoxy groups -OCH3 is 1. The molecular formula is C20H18Cl2N2O3. The number of hydrogen-bond acceptors (Lipinski definition) is 3. The van der Waals surface area contributed by atoms with E-state index in [1.807, 2.05) is 31.2 Å². The van der Waals surface area contributed by atoms with Gasteiger partial charge in [-0.3, -0.25) is 0 Å². The number of hydrogen-bond donors (Lipinski definition) is 1. The lowest BCUT2D eigenvalue weighted by Crippen LogP contribution is -2.06. The Morgan fingerprint density at radius 3 is 2.30 bits per heavy atom. The van der Waals surface area contributed by atoms with Crippen LogP contribution < -0.4 is 4.74 Å². The van der Waals surface area contributed by atoms with Gasteiger partial charge in [-0.2, -0.15) is 5.10 Å². The van der Waals surface area contributed by atoms with Gasteiger partial charge >= 0.3 is 5.97 Å². The van der Waals surface area contributed by atoms with E-state index in [0.717, 1.165) is 12.1 Å². The SMILES string of the molecule is CCCc1c(C(=O)O)c(-c2cc(Cl)cc(Cl)c2)nn1-c1ccc(OC)cc1. The van der Waals surface area contributed by atoms with Crippen LogP contribution in [0.4, 0.5) is 0 Å². The van der Waals surface area contributed by atoms with Crippen LogP contribution in [0.1, 0.15) is 29.4 Å². The molecule has 5 nitrogen and oxygen atoms in total. The number of carboxylic acids is 1. The number of benzene rings is 2. The van der Waals surface area contributed by atoms with E-state index in [-0.39, 0.29) is 5.56 Å². The van der Waals surface area contributed by atoms with E-state index in [2.05, 4.69) is 5.10 Å². The Morgan fingerprint density at radius 1 is 1.15 bits per heavy atom. The zero-order valence-electron chi connectivity index (χ0n) is 14.9. The Hall–Kier alpha value is -2.50. The van der Waals surface area contributed by atoms with Crippen molar-refractivity contribution in [3.8, 4) is 22.7 Å². The number of ether oxygens (including phenoxy) is 1. The van der Waals surface area contributed by atoms with E-state index in [1.54, 1.807) is 30.0 Å². The molecule has 0 radical (unpaired) electrons. The number of halogens is 2. The predicted octanol–water partition coefficient (Wildman–Crippen LogP) is 5.51. The van der Waals surface area contributed by atoms with E-state index < -0.39 is 5.97 Å². The summed E-state index contributed by atoms with van der Waals surface area (Å²) in [6.07, 6.45) is 1.34. The molecule has 0 saturated carbocycles. The molecule has 0 bridgehead atoms. The summed E-state index contributed by atoms with van der Waals surface area (Å²) >= 11 is 12.2. The van der Waals surface area contributed by atoms with Crippen LogP contribution in [-0.2, 0) is 6.42 Å². The Labute approximate surface area is 167 Å². The summed E-state index contributed by atoms with van der Waals surface area (Å²) in [5, 5.41) is 15.3. The first kappa shape index (κ1) is 19.3. The number of carboxylic acid groups (broad SMARTS) is 1. The molecule has 0 aliphatic carbocycles. The average molecular weight is 405 g/mol. The van der Waals surface area contributed by atoms with E-state index in [4.69, 9.17) is 27.9 Å². The fourth-order valence-corrected chi connectivity index (χ4v) is 3.50. The van der Waals surface area contributed by atoms with Crippen LogP contribution in [0.3, 0.4) is 0 Å². The molecule has 0 saturated heterocycles. The Balaban J connectivity index is 2.25. The van der Waals surface area contributed by atoms with Crippen molar-refractivity contribution in [3.05, 3.63) is 63.8 Å². The second kappa shape index (κ2) is 8.03. The summed E-state index contributed by atoms with van der Waals surface area (Å²) < 4.78 is 6.86. The van der Waals surface area contributed by atoms with E-state index >= 15 is 0 Å². The van der Waals surface area contributed by atoms with Gasteiger partial charge in [0.05, 0.1) is 18.5 Å². The zero-order chi connectivity index (χ0) is 19.6. The fourth-order valence-electron chi connectivity index (χ4n) is 2.97. The smallest absolute Gasteiger partial charge is 0.339 e. The molecule has 1 heterocycles. The van der Waals surface area contributed by atoms with Gasteiger partial charge in [0.25, 0.3) is 0 Å². The molecule has 0 unspecified atom stereocenters. The molecule has 0 aliphatic rings. The first-order valence-corrected chi connectivity index (χ1v) is 9.16. The third-order valence-electron chi connectivity index (χ3n) is 4.13. The van der Waals surface area contributed by atoms with Gasteiger partial charge in [0.1, 0.15) is 17.0 Å². The van der Waals surface area contributed by atoms with Crippen molar-refractivity contribution in [2.24, 2.45) is 0 Å². The lowest BCUT2D eigenvalue weighted by Gasteiger charge is -2.08. The minimum absolute atomic E-state index is 0.158. The lowest BCUT2D eigenvalue weighted by atomic mass is 10.0. The van der Waals surface area contributed by atoms with Crippen molar-refractivity contribution >= 4 is 29.2 Å². The van der Waals surface area contributed by atoms with Crippen LogP contribution in [0.2, 0.25) is 10.0 Å². The molecule has 0 amide bonds. The highest BCUT2D eigenvalue weighted by Gasteiger charge is 2.25. The largest absolute Gasteiger partial charge is 0.497 e. The molecule has 0 aliphatic heterocycles. The highest BCUT2D eigenvalue weighted by Crippen LogP contribution is 2.32. The van der Waals surface area contributed by atoms with Gasteiger partial charge in [-0.15, -0.1) is 0 Å². The minimum Gasteiger partial charge on any atom is -0.497 e. The molecule has 3 rings (SSSR count). The summed E-state index contributed by atoms with van der Waals surface area (Å²) in [6.45, 7) is 1.99. The van der Waals surface area contributed by atoms with Crippen molar-refractivity contribution < 1.29 is 14.6 Å². The maximum absolute atomic E-state index is 12.1. The minimum atomic E-state index is -1.04. The maximum Gasteiger partial charge on any atom is 0.339 e. The van der Waals surface area contributed by atoms with Crippen LogP contribution in [-0.4, -0.2) is 28.0 Å². The van der Waals surface area contributed by atoms with Crippen molar-refractivity contribution in [2.75, 3.05) is 7.11 Å². The van der Waals surface area contributed by atoms with Gasteiger partial charge < -0.3 is 9.84 Å². The second-order valence-corrected chi connectivity index (χ2v) is 6.87. The third-order valence-corrected chi connectivity index (χ3v) is 4.57. The summed E-state index contributed by atoms with van der Waals surface area (Å²) in [5.41, 5.74) is 2.44. The van der Waals surface area contributed by atoms with Crippen LogP contribution in [0.15, 0.2) is 42.5 Å². The van der Waals surface area contributed by atoms with E-state index in [0.29, 0.717) is 39.2 Å². The van der Waals surface area contributed by atoms with Crippen LogP contribution in [0, 0.1) is 0 Å². The number of rotatable bonds is 6. The molecule has 27 heavy (non-hydrogen) atoms. The normalized spacial score (nSPS) is 10.8. The Bertz CT molecular complexity index is 961. The second-order valence-electron chi connectivity index (χ2n) is 5.99. The topological polar surface area (TPSA) is 64.3 Å². The first-order valence-electron chi connectivity index (χ1n) is 8.40. The lowest BCUT2D eigenvalue weighted by molar-refractivity contribution is 0.0696. The average Bonchev–Trinajstić information content (AvgIpc) is 3.01. The molecule has 0 spiro atoms. The van der Waals surface area contributed by atoms with Crippen molar-refractivity contribution in [1.29, 1.82) is 0 Å². The number of aromatic carboxylic acids is 1. The summed E-state index contributed by atoms with van der Waals surface area (Å²) in [5.74, 6) is -0.326. The van der Waals surface area contributed by atoms with Crippen LogP contribution >= 0.6 is 23.2 Å². The van der Waals surface area contributed by atoms with Gasteiger partial charge in [0.2, 0.25) is 0 Å². The van der Waals surface area contributed by atoms with Gasteiger partial charge in [-0.1, -0.05) is 36.5 Å². The molecular weight excluding hydrogens is 387 g/mol. The van der Waals surface area contributed by atoms with E-state index in [1.165, 1.54) is 0 Å². The van der Waals surface area contributed by atoms with Gasteiger partial charge in [-0.25, -0.2) is 9.48 Å². The van der Waals surface area contributed by atoms with E-state index in [9.17, 15) is 9.90 Å². The number of nitrogens with zero attached hydrogens (tertiary/aromatic N) is 2. The van der Waals surface area contributed by atoms with Gasteiger partial charge in [-0.05, 0) is 48.9 Å². The fraction of sp³-hybridized carbons (Fsp3) is 0.200. The number of carbonyl (C=O) groups is 1. The highest BCUT2D eigenvalue weighted by molar-refractivity contribution is 6.35. The third kappa shape index (κ3) is 3.94. The molecule has 0 fully saturated rings. The predicted molar refractivity (Wildman–Crippen MR) is 107 cm³/mol. The molecule has 3 aromatic rings. The highest BCUT2D eigenvalue weighted by atomic mass is 35.5. The Morgan fingerprint density at radius 2 is 1.78 bits per heavy atom. The molecule has 7 heteroatoms. The Kier molecular flexibility index (Phi) is 5.73. The quantitative estimate of drug-likeness (QED) is 0.588. The standard InChI is InChI=1S/C20H18Cl2N2O3/c1-3-4-17-18(20(25)26)19(12-9-13(21)11-14(22)10-12)23-24(17)15-5-7-16(27-2)8-6-15/h5-11H,3-4H2,1-2H3,(H,25,26). The monoisotopic (exact) mass is 404 g/mol. The first-order chi connectivity index (χ1) is 12.9. The van der Waals surface area contributed by atoms with Crippen molar-refractivity contribution in [2.45, 2.75) is 19.8 Å². The zero-order valence-corrected chi connectivity index (χ0v) is 16.4. The van der Waals surface area contributed by atoms with Crippen LogP contribution in [0.5, 0.6) is 5.75 Å².